The van der Waals surface area contributed by atoms with E-state index in [0.29, 0.717) is 13.0 Å². The number of hydrogen-bond acceptors (Lipinski definition) is 6. The largest absolute Gasteiger partial charge is 0.481 e. The van der Waals surface area contributed by atoms with Crippen LogP contribution in [0.5, 0.6) is 0 Å². The molecule has 3 aliphatic rings. The van der Waals surface area contributed by atoms with Crippen molar-refractivity contribution in [3.8, 4) is 0 Å². The molecule has 2 saturated heterocycles. The third-order valence-corrected chi connectivity index (χ3v) is 13.2. The van der Waals surface area contributed by atoms with E-state index >= 15 is 0 Å². The predicted molar refractivity (Wildman–Crippen MR) is 147 cm³/mol. The molecule has 37 heavy (non-hydrogen) atoms. The maximum Gasteiger partial charge on any atom is 0.303 e. The summed E-state index contributed by atoms with van der Waals surface area (Å²) in [6, 6.07) is 0. The number of hydrogen-bond donors (Lipinski definition) is 1. The van der Waals surface area contributed by atoms with E-state index in [1.807, 2.05) is 0 Å². The monoisotopic (exact) mass is 540 g/mol. The topological polar surface area (TPSA) is 83.5 Å². The zero-order chi connectivity index (χ0) is 26.9. The van der Waals surface area contributed by atoms with Gasteiger partial charge in [0.15, 0.2) is 20.9 Å². The fraction of sp³-hybridized carbons (Fsp3) is 0.897. The second-order valence-electron chi connectivity index (χ2n) is 12.6. The molecule has 0 bridgehead atoms. The predicted octanol–water partition coefficient (Wildman–Crippen LogP) is 6.67. The van der Waals surface area contributed by atoms with Crippen LogP contribution in [0.25, 0.3) is 0 Å². The van der Waals surface area contributed by atoms with Gasteiger partial charge in [-0.25, -0.2) is 0 Å². The first-order chi connectivity index (χ1) is 17.6. The van der Waals surface area contributed by atoms with Crippen molar-refractivity contribution < 1.29 is 33.3 Å². The van der Waals surface area contributed by atoms with Crippen LogP contribution in [-0.4, -0.2) is 64.0 Å². The van der Waals surface area contributed by atoms with Crippen molar-refractivity contribution in [1.82, 2.24) is 0 Å². The van der Waals surface area contributed by atoms with Crippen molar-refractivity contribution in [1.29, 1.82) is 0 Å². The quantitative estimate of drug-likeness (QED) is 0.159. The minimum absolute atomic E-state index is 0.0202. The van der Waals surface area contributed by atoms with Crippen molar-refractivity contribution in [2.75, 3.05) is 19.8 Å². The lowest BCUT2D eigenvalue weighted by molar-refractivity contribution is -0.204. The highest BCUT2D eigenvalue weighted by Gasteiger charge is 2.48. The highest BCUT2D eigenvalue weighted by atomic mass is 28.4. The molecule has 6 atom stereocenters. The van der Waals surface area contributed by atoms with Crippen LogP contribution in [0, 0.1) is 11.8 Å². The number of carboxylic acid groups (broad SMARTS) is 1. The molecular formula is C29H52O7Si. The molecule has 8 heteroatoms. The summed E-state index contributed by atoms with van der Waals surface area (Å²) in [6.45, 7) is 13.6. The Hall–Kier alpha value is -0.773. The van der Waals surface area contributed by atoms with Gasteiger partial charge in [-0.05, 0) is 81.8 Å². The van der Waals surface area contributed by atoms with Crippen molar-refractivity contribution in [2.45, 2.75) is 134 Å². The number of aliphatic carboxylic acids is 1. The maximum absolute atomic E-state index is 10.9. The fourth-order valence-electron chi connectivity index (χ4n) is 5.29. The molecule has 0 radical (unpaired) electrons. The Balaban J connectivity index is 1.74. The normalized spacial score (nSPS) is 31.7. The number of rotatable bonds is 13. The number of carbonyl (C=O) groups is 1. The minimum atomic E-state index is -1.93. The Kier molecular flexibility index (Phi) is 12.1. The molecular weight excluding hydrogens is 488 g/mol. The van der Waals surface area contributed by atoms with E-state index in [9.17, 15) is 4.79 Å². The first kappa shape index (κ1) is 30.8. The molecule has 1 N–H and O–H groups in total. The van der Waals surface area contributed by atoms with E-state index in [1.165, 1.54) is 0 Å². The van der Waals surface area contributed by atoms with Crippen LogP contribution in [0.4, 0.5) is 0 Å². The number of ether oxygens (including phenoxy) is 4. The van der Waals surface area contributed by atoms with Crippen LogP contribution >= 0.6 is 0 Å². The van der Waals surface area contributed by atoms with Crippen LogP contribution in [0.2, 0.25) is 18.1 Å². The van der Waals surface area contributed by atoms with E-state index < -0.39 is 14.3 Å². The van der Waals surface area contributed by atoms with Gasteiger partial charge in [0, 0.05) is 38.6 Å². The molecule has 0 spiro atoms. The molecule has 0 amide bonds. The molecule has 0 aromatic carbocycles. The van der Waals surface area contributed by atoms with Crippen LogP contribution < -0.4 is 0 Å². The smallest absolute Gasteiger partial charge is 0.303 e. The average molecular weight is 541 g/mol. The van der Waals surface area contributed by atoms with Gasteiger partial charge in [-0.1, -0.05) is 32.9 Å². The summed E-state index contributed by atoms with van der Waals surface area (Å²) >= 11 is 0. The van der Waals surface area contributed by atoms with Gasteiger partial charge in [0.2, 0.25) is 0 Å². The van der Waals surface area contributed by atoms with Gasteiger partial charge in [-0.2, -0.15) is 0 Å². The van der Waals surface area contributed by atoms with E-state index in [0.717, 1.165) is 71.0 Å². The number of allylic oxidation sites excluding steroid dienone is 2. The molecule has 2 unspecified atom stereocenters. The van der Waals surface area contributed by atoms with Gasteiger partial charge in [0.05, 0.1) is 12.2 Å². The molecule has 0 aromatic rings. The fourth-order valence-corrected chi connectivity index (χ4v) is 6.33. The highest BCUT2D eigenvalue weighted by molar-refractivity contribution is 6.74. The Morgan fingerprint density at radius 3 is 2.05 bits per heavy atom. The van der Waals surface area contributed by atoms with Gasteiger partial charge >= 0.3 is 5.97 Å². The van der Waals surface area contributed by atoms with Gasteiger partial charge in [0.25, 0.3) is 0 Å². The summed E-state index contributed by atoms with van der Waals surface area (Å²) in [4.78, 5) is 10.9. The van der Waals surface area contributed by atoms with E-state index in [4.69, 9.17) is 28.5 Å². The Labute approximate surface area is 225 Å². The first-order valence-electron chi connectivity index (χ1n) is 14.6. The van der Waals surface area contributed by atoms with E-state index in [1.54, 1.807) is 0 Å². The molecule has 214 valence electrons. The number of carboxylic acids is 1. The first-order valence-corrected chi connectivity index (χ1v) is 17.5. The average Bonchev–Trinajstić information content (AvgIpc) is 3.15. The third-order valence-electron chi connectivity index (χ3n) is 8.68. The molecule has 3 rings (SSSR count). The molecule has 2 aliphatic heterocycles. The lowest BCUT2D eigenvalue weighted by Gasteiger charge is -2.39. The lowest BCUT2D eigenvalue weighted by Crippen LogP contribution is -2.44. The van der Waals surface area contributed by atoms with E-state index in [2.05, 4.69) is 46.0 Å². The third kappa shape index (κ3) is 9.73. The molecule has 2 heterocycles. The highest BCUT2D eigenvalue weighted by Crippen LogP contribution is 2.43. The lowest BCUT2D eigenvalue weighted by atomic mass is 9.90. The van der Waals surface area contributed by atoms with Crippen LogP contribution in [-0.2, 0) is 28.2 Å². The van der Waals surface area contributed by atoms with Crippen LogP contribution in [0.3, 0.4) is 0 Å². The summed E-state index contributed by atoms with van der Waals surface area (Å²) in [7, 11) is -1.93. The van der Waals surface area contributed by atoms with Gasteiger partial charge in [0.1, 0.15) is 0 Å². The second-order valence-corrected chi connectivity index (χ2v) is 17.4. The standard InChI is InChI=1S/C29H52O7Si/c1-29(2,3)37(4,5)34-21-23-22(14-8-6-7-9-15-26(30)31)24(35-27-16-10-12-18-32-27)20-25(23)36-28-17-11-13-19-33-28/h6,8,22-25,27-28H,7,9-21H2,1-5H3,(H,30,31)/b8-6-/t22-,23-,24-,25-,27?,28?/m1/s1. The summed E-state index contributed by atoms with van der Waals surface area (Å²) in [6.07, 6.45) is 13.8. The van der Waals surface area contributed by atoms with Crippen molar-refractivity contribution >= 4 is 14.3 Å². The second kappa shape index (κ2) is 14.6. The van der Waals surface area contributed by atoms with Crippen LogP contribution in [0.15, 0.2) is 12.2 Å². The number of unbranched alkanes of at least 4 members (excludes halogenated alkanes) is 1. The van der Waals surface area contributed by atoms with Crippen LogP contribution in [0.1, 0.15) is 91.4 Å². The molecule has 0 aromatic heterocycles. The Morgan fingerprint density at radius 2 is 1.54 bits per heavy atom. The summed E-state index contributed by atoms with van der Waals surface area (Å²) in [5, 5.41) is 9.06. The van der Waals surface area contributed by atoms with Crippen molar-refractivity contribution in [3.05, 3.63) is 12.2 Å². The molecule has 3 fully saturated rings. The molecule has 1 aliphatic carbocycles. The Morgan fingerprint density at radius 1 is 0.946 bits per heavy atom. The zero-order valence-electron chi connectivity index (χ0n) is 23.9. The molecule has 7 nitrogen and oxygen atoms in total. The van der Waals surface area contributed by atoms with Crippen molar-refractivity contribution in [2.24, 2.45) is 11.8 Å². The van der Waals surface area contributed by atoms with Gasteiger partial charge < -0.3 is 28.5 Å². The minimum Gasteiger partial charge on any atom is -0.481 e. The van der Waals surface area contributed by atoms with E-state index in [-0.39, 0.29) is 48.1 Å². The van der Waals surface area contributed by atoms with Gasteiger partial charge in [-0.15, -0.1) is 0 Å². The zero-order valence-corrected chi connectivity index (χ0v) is 24.9. The summed E-state index contributed by atoms with van der Waals surface area (Å²) in [5.74, 6) is -0.283. The van der Waals surface area contributed by atoms with Gasteiger partial charge in [-0.3, -0.25) is 4.79 Å². The SMILES string of the molecule is CC(C)(C)[Si](C)(C)OC[C@@H]1[C@@H](C/C=C\CCCC(=O)O)[C@H](OC2CCCCO2)C[C@H]1OC1CCCCO1. The summed E-state index contributed by atoms with van der Waals surface area (Å²) in [5.41, 5.74) is 0. The van der Waals surface area contributed by atoms with Crippen molar-refractivity contribution in [3.63, 3.8) is 0 Å². The Bertz CT molecular complexity index is 708. The summed E-state index contributed by atoms with van der Waals surface area (Å²) < 4.78 is 32.0. The molecule has 1 saturated carbocycles. The maximum atomic E-state index is 10.9.